The number of aryl methyl sites for hydroxylation is 3. The van der Waals surface area contributed by atoms with Gasteiger partial charge < -0.3 is 0 Å². The van der Waals surface area contributed by atoms with Gasteiger partial charge in [0.2, 0.25) is 0 Å². The van der Waals surface area contributed by atoms with Gasteiger partial charge in [0.1, 0.15) is 0 Å². The molecule has 0 radical (unpaired) electrons. The molecule has 55 heavy (non-hydrogen) atoms. The van der Waals surface area contributed by atoms with E-state index < -0.39 is 8.07 Å². The van der Waals surface area contributed by atoms with E-state index in [0.717, 1.165) is 19.3 Å². The predicted octanol–water partition coefficient (Wildman–Crippen LogP) is 11.6. The SMILES string of the molecule is CC1=C(C)C(C)C([Si](c2c(C)ccc(Cc3ccccc3)c2C)(c2c(C)ccc(Cc3ccccc3)c2C)c2c(C)ccc(Cc3ccccc3)c2C)=C1C. The van der Waals surface area contributed by atoms with Crippen molar-refractivity contribution >= 4 is 23.6 Å². The molecule has 0 aliphatic heterocycles. The van der Waals surface area contributed by atoms with Gasteiger partial charge in [0.25, 0.3) is 0 Å². The molecule has 6 aromatic carbocycles. The minimum atomic E-state index is -3.08. The standard InChI is InChI=1S/C54H58Si/c1-35-26-29-48(32-45-20-14-11-15-21-45)42(8)51(35)55(54-40(6)38(4)39(5)41(54)7,52-36(2)27-30-49(43(52)9)33-46-22-16-12-17-23-46)53-37(3)28-31-50(44(53)10)34-47-24-18-13-19-25-47/h11-31,40H,32-34H2,1-10H3. The fourth-order valence-electron chi connectivity index (χ4n) is 10.2. The minimum absolute atomic E-state index is 0.330. The Morgan fingerprint density at radius 2 is 0.691 bits per heavy atom. The molecule has 0 nitrogen and oxygen atoms in total. The van der Waals surface area contributed by atoms with E-state index >= 15 is 0 Å². The van der Waals surface area contributed by atoms with Crippen molar-refractivity contribution in [2.45, 2.75) is 88.5 Å². The van der Waals surface area contributed by atoms with Crippen LogP contribution in [0.25, 0.3) is 0 Å². The molecular formula is C54H58Si. The van der Waals surface area contributed by atoms with Crippen LogP contribution < -0.4 is 15.6 Å². The minimum Gasteiger partial charge on any atom is -0.0636 e. The van der Waals surface area contributed by atoms with Gasteiger partial charge in [-0.2, -0.15) is 0 Å². The molecule has 0 spiro atoms. The number of allylic oxidation sites excluding steroid dienone is 4. The van der Waals surface area contributed by atoms with Crippen molar-refractivity contribution in [3.8, 4) is 0 Å². The highest BCUT2D eigenvalue weighted by Crippen LogP contribution is 2.43. The summed E-state index contributed by atoms with van der Waals surface area (Å²) in [6, 6.07) is 47.8. The van der Waals surface area contributed by atoms with Crippen molar-refractivity contribution in [3.05, 3.63) is 216 Å². The number of rotatable bonds is 10. The first-order valence-electron chi connectivity index (χ1n) is 20.2. The van der Waals surface area contributed by atoms with Crippen LogP contribution >= 0.6 is 0 Å². The predicted molar refractivity (Wildman–Crippen MR) is 240 cm³/mol. The molecule has 0 saturated carbocycles. The van der Waals surface area contributed by atoms with Crippen LogP contribution in [0.5, 0.6) is 0 Å². The number of benzene rings is 6. The Bertz CT molecular complexity index is 2190. The maximum Gasteiger partial charge on any atom is 0.178 e. The van der Waals surface area contributed by atoms with Gasteiger partial charge in [0.05, 0.1) is 0 Å². The monoisotopic (exact) mass is 734 g/mol. The highest BCUT2D eigenvalue weighted by molar-refractivity contribution is 7.17. The van der Waals surface area contributed by atoms with Gasteiger partial charge in [-0.15, -0.1) is 0 Å². The van der Waals surface area contributed by atoms with Gasteiger partial charge >= 0.3 is 0 Å². The van der Waals surface area contributed by atoms with E-state index in [2.05, 4.69) is 197 Å². The lowest BCUT2D eigenvalue weighted by atomic mass is 9.98. The third-order valence-corrected chi connectivity index (χ3v) is 19.4. The third-order valence-electron chi connectivity index (χ3n) is 13.2. The van der Waals surface area contributed by atoms with E-state index in [1.807, 2.05) is 0 Å². The second kappa shape index (κ2) is 15.6. The third kappa shape index (κ3) is 6.82. The molecule has 0 aromatic heterocycles. The van der Waals surface area contributed by atoms with Crippen LogP contribution in [0, 0.1) is 47.5 Å². The second-order valence-electron chi connectivity index (χ2n) is 16.4. The van der Waals surface area contributed by atoms with Crippen LogP contribution in [0.4, 0.5) is 0 Å². The van der Waals surface area contributed by atoms with Gasteiger partial charge in [-0.05, 0) is 159 Å². The smallest absolute Gasteiger partial charge is 0.0636 e. The van der Waals surface area contributed by atoms with E-state index in [4.69, 9.17) is 0 Å². The van der Waals surface area contributed by atoms with Crippen LogP contribution in [0.1, 0.15) is 94.5 Å². The van der Waals surface area contributed by atoms with Gasteiger partial charge in [-0.25, -0.2) is 0 Å². The number of hydrogen-bond acceptors (Lipinski definition) is 0. The van der Waals surface area contributed by atoms with E-state index in [1.165, 1.54) is 83.5 Å². The van der Waals surface area contributed by atoms with Gasteiger partial charge in [-0.3, -0.25) is 0 Å². The van der Waals surface area contributed by atoms with Crippen molar-refractivity contribution in [2.24, 2.45) is 5.92 Å². The highest BCUT2D eigenvalue weighted by atomic mass is 28.3. The molecule has 1 atom stereocenters. The summed E-state index contributed by atoms with van der Waals surface area (Å²) in [5, 5.41) is 6.46. The first-order valence-corrected chi connectivity index (χ1v) is 22.2. The normalized spacial score (nSPS) is 14.6. The molecule has 0 fully saturated rings. The maximum absolute atomic E-state index is 3.08. The molecule has 6 aromatic rings. The Morgan fingerprint density at radius 1 is 0.382 bits per heavy atom. The first-order chi connectivity index (χ1) is 26.4. The fourth-order valence-corrected chi connectivity index (χ4v) is 17.5. The molecule has 0 heterocycles. The zero-order valence-electron chi connectivity index (χ0n) is 34.8. The Balaban J connectivity index is 1.67. The summed E-state index contributed by atoms with van der Waals surface area (Å²) in [4.78, 5) is 0. The molecule has 0 N–H and O–H groups in total. The van der Waals surface area contributed by atoms with Crippen LogP contribution in [0.15, 0.2) is 149 Å². The average Bonchev–Trinajstić information content (AvgIpc) is 3.37. The van der Waals surface area contributed by atoms with E-state index in [0.29, 0.717) is 5.92 Å². The quantitative estimate of drug-likeness (QED) is 0.0971. The summed E-state index contributed by atoms with van der Waals surface area (Å²) in [6.45, 7) is 24.4. The molecule has 1 aliphatic carbocycles. The van der Waals surface area contributed by atoms with Crippen LogP contribution in [0.3, 0.4) is 0 Å². The van der Waals surface area contributed by atoms with Crippen molar-refractivity contribution in [2.75, 3.05) is 0 Å². The lowest BCUT2D eigenvalue weighted by molar-refractivity contribution is 0.851. The van der Waals surface area contributed by atoms with E-state index in [-0.39, 0.29) is 0 Å². The molecule has 1 aliphatic rings. The topological polar surface area (TPSA) is 0 Å². The summed E-state index contributed by atoms with van der Waals surface area (Å²) < 4.78 is 0. The zero-order chi connectivity index (χ0) is 39.0. The van der Waals surface area contributed by atoms with Gasteiger partial charge in [0, 0.05) is 0 Å². The molecular weight excluding hydrogens is 677 g/mol. The van der Waals surface area contributed by atoms with Crippen molar-refractivity contribution in [3.63, 3.8) is 0 Å². The lowest BCUT2D eigenvalue weighted by Gasteiger charge is -2.44. The summed E-state index contributed by atoms with van der Waals surface area (Å²) in [5.41, 5.74) is 21.5. The Labute approximate surface area is 332 Å². The first kappa shape index (κ1) is 38.3. The highest BCUT2D eigenvalue weighted by Gasteiger charge is 2.52. The lowest BCUT2D eigenvalue weighted by Crippen LogP contribution is -2.73. The molecule has 0 saturated heterocycles. The largest absolute Gasteiger partial charge is 0.178 e. The molecule has 278 valence electrons. The molecule has 0 bridgehead atoms. The zero-order valence-corrected chi connectivity index (χ0v) is 35.8. The van der Waals surface area contributed by atoms with Crippen LogP contribution in [-0.4, -0.2) is 8.07 Å². The summed E-state index contributed by atoms with van der Waals surface area (Å²) in [6.07, 6.45) is 2.77. The van der Waals surface area contributed by atoms with Crippen molar-refractivity contribution in [1.82, 2.24) is 0 Å². The summed E-state index contributed by atoms with van der Waals surface area (Å²) >= 11 is 0. The summed E-state index contributed by atoms with van der Waals surface area (Å²) in [5.74, 6) is 0.330. The molecule has 1 heteroatoms. The Hall–Kier alpha value is -4.98. The van der Waals surface area contributed by atoms with E-state index in [1.54, 1.807) is 20.8 Å². The Kier molecular flexibility index (Phi) is 10.9. The average molecular weight is 735 g/mol. The van der Waals surface area contributed by atoms with Gasteiger partial charge in [0.15, 0.2) is 8.07 Å². The maximum atomic E-state index is 2.52. The van der Waals surface area contributed by atoms with Gasteiger partial charge in [-0.1, -0.05) is 167 Å². The second-order valence-corrected chi connectivity index (χ2v) is 20.0. The van der Waals surface area contributed by atoms with Crippen molar-refractivity contribution in [1.29, 1.82) is 0 Å². The van der Waals surface area contributed by atoms with Crippen LogP contribution in [0.2, 0.25) is 0 Å². The molecule has 1 unspecified atom stereocenters. The van der Waals surface area contributed by atoms with E-state index in [9.17, 15) is 0 Å². The van der Waals surface area contributed by atoms with Crippen LogP contribution in [-0.2, 0) is 19.3 Å². The summed E-state index contributed by atoms with van der Waals surface area (Å²) in [7, 11) is -3.08. The molecule has 0 amide bonds. The molecule has 7 rings (SSSR count). The fraction of sp³-hybridized carbons (Fsp3) is 0.259. The number of hydrogen-bond donors (Lipinski definition) is 0. The van der Waals surface area contributed by atoms with Crippen molar-refractivity contribution < 1.29 is 0 Å². The Morgan fingerprint density at radius 3 is 0.964 bits per heavy atom.